The second kappa shape index (κ2) is 6.84. The molecule has 3 rings (SSSR count). The van der Waals surface area contributed by atoms with Crippen LogP contribution in [0.1, 0.15) is 30.0 Å². The van der Waals surface area contributed by atoms with Gasteiger partial charge in [0.1, 0.15) is 11.9 Å². The predicted octanol–water partition coefficient (Wildman–Crippen LogP) is 2.65. The zero-order chi connectivity index (χ0) is 17.1. The van der Waals surface area contributed by atoms with E-state index in [-0.39, 0.29) is 5.91 Å². The maximum atomic E-state index is 12.2. The monoisotopic (exact) mass is 323 g/mol. The zero-order valence-corrected chi connectivity index (χ0v) is 13.8. The molecule has 3 N–H and O–H groups in total. The summed E-state index contributed by atoms with van der Waals surface area (Å²) in [5, 5.41) is 13.3. The van der Waals surface area contributed by atoms with E-state index < -0.39 is 12.1 Å². The highest BCUT2D eigenvalue weighted by atomic mass is 16.3. The summed E-state index contributed by atoms with van der Waals surface area (Å²) in [6.07, 6.45) is -0.599. The molecule has 24 heavy (non-hydrogen) atoms. The number of aliphatic hydroxyl groups excluding tert-OH is 1. The van der Waals surface area contributed by atoms with Crippen LogP contribution in [0.25, 0.3) is 11.0 Å². The van der Waals surface area contributed by atoms with Crippen LogP contribution in [0.3, 0.4) is 0 Å². The van der Waals surface area contributed by atoms with Gasteiger partial charge in [0, 0.05) is 0 Å². The fourth-order valence-corrected chi connectivity index (χ4v) is 2.74. The van der Waals surface area contributed by atoms with E-state index in [0.717, 1.165) is 22.2 Å². The number of nitrogens with zero attached hydrogens (tertiary/aromatic N) is 1. The minimum absolute atomic E-state index is 0.122. The molecule has 0 fully saturated rings. The van der Waals surface area contributed by atoms with Gasteiger partial charge in [-0.3, -0.25) is 4.79 Å². The molecule has 1 amide bonds. The molecule has 3 aromatic rings. The van der Waals surface area contributed by atoms with Crippen molar-refractivity contribution in [3.05, 3.63) is 65.5 Å². The number of carbonyl (C=O) groups excluding carboxylic acids is 1. The summed E-state index contributed by atoms with van der Waals surface area (Å²) in [7, 11) is 0. The lowest BCUT2D eigenvalue weighted by atomic mass is 10.1. The molecule has 0 aliphatic rings. The summed E-state index contributed by atoms with van der Waals surface area (Å²) in [6, 6.07) is 15.0. The molecule has 1 aromatic heterocycles. The number of aliphatic hydroxyl groups is 1. The van der Waals surface area contributed by atoms with Crippen molar-refractivity contribution < 1.29 is 9.90 Å². The third-order valence-corrected chi connectivity index (χ3v) is 4.00. The molecule has 0 radical (unpaired) electrons. The Bertz CT molecular complexity index is 823. The van der Waals surface area contributed by atoms with Crippen LogP contribution in [0.4, 0.5) is 0 Å². The van der Waals surface area contributed by atoms with E-state index in [9.17, 15) is 9.90 Å². The smallest absolute Gasteiger partial charge is 0.224 e. The average molecular weight is 323 g/mol. The standard InChI is InChI=1S/C19H21N3O2/c1-12-6-5-7-14(10-12)11-17(23)20-13(2)18(24)19-21-15-8-3-4-9-16(15)22-19/h3-10,13,18,24H,11H2,1-2H3,(H,20,23)(H,21,22)/t13-,18?/m0/s1. The number of rotatable bonds is 5. The average Bonchev–Trinajstić information content (AvgIpc) is 2.97. The van der Waals surface area contributed by atoms with E-state index in [1.807, 2.05) is 55.5 Å². The summed E-state index contributed by atoms with van der Waals surface area (Å²) in [6.45, 7) is 3.77. The van der Waals surface area contributed by atoms with Crippen molar-refractivity contribution in [3.8, 4) is 0 Å². The van der Waals surface area contributed by atoms with Crippen LogP contribution < -0.4 is 5.32 Å². The van der Waals surface area contributed by atoms with Crippen molar-refractivity contribution in [1.82, 2.24) is 15.3 Å². The van der Waals surface area contributed by atoms with E-state index in [2.05, 4.69) is 15.3 Å². The molecule has 0 aliphatic carbocycles. The first-order valence-corrected chi connectivity index (χ1v) is 8.00. The van der Waals surface area contributed by atoms with Crippen molar-refractivity contribution in [2.75, 3.05) is 0 Å². The van der Waals surface area contributed by atoms with Crippen molar-refractivity contribution in [2.45, 2.75) is 32.4 Å². The molecule has 5 nitrogen and oxygen atoms in total. The largest absolute Gasteiger partial charge is 0.383 e. The first-order valence-electron chi connectivity index (χ1n) is 8.00. The number of para-hydroxylation sites is 2. The molecule has 124 valence electrons. The van der Waals surface area contributed by atoms with Gasteiger partial charge in [0.05, 0.1) is 23.5 Å². The predicted molar refractivity (Wildman–Crippen MR) is 93.5 cm³/mol. The first kappa shape index (κ1) is 16.2. The maximum Gasteiger partial charge on any atom is 0.224 e. The number of aromatic nitrogens is 2. The first-order chi connectivity index (χ1) is 11.5. The highest BCUT2D eigenvalue weighted by Gasteiger charge is 2.21. The lowest BCUT2D eigenvalue weighted by Crippen LogP contribution is -2.38. The highest BCUT2D eigenvalue weighted by Crippen LogP contribution is 2.18. The minimum atomic E-state index is -0.890. The number of benzene rings is 2. The number of nitrogens with one attached hydrogen (secondary N) is 2. The van der Waals surface area contributed by atoms with Gasteiger partial charge in [0.25, 0.3) is 0 Å². The molecule has 2 atom stereocenters. The molecule has 5 heteroatoms. The highest BCUT2D eigenvalue weighted by molar-refractivity contribution is 5.79. The van der Waals surface area contributed by atoms with E-state index in [1.54, 1.807) is 6.92 Å². The van der Waals surface area contributed by atoms with Gasteiger partial charge in [0.2, 0.25) is 5.91 Å². The number of carbonyl (C=O) groups is 1. The van der Waals surface area contributed by atoms with Gasteiger partial charge in [-0.2, -0.15) is 0 Å². The topological polar surface area (TPSA) is 78.0 Å². The Morgan fingerprint density at radius 3 is 2.79 bits per heavy atom. The van der Waals surface area contributed by atoms with E-state index >= 15 is 0 Å². The van der Waals surface area contributed by atoms with Crippen molar-refractivity contribution >= 4 is 16.9 Å². The van der Waals surface area contributed by atoms with Gasteiger partial charge < -0.3 is 15.4 Å². The van der Waals surface area contributed by atoms with Crippen LogP contribution in [-0.2, 0) is 11.2 Å². The summed E-state index contributed by atoms with van der Waals surface area (Å²) >= 11 is 0. The van der Waals surface area contributed by atoms with Gasteiger partial charge in [0.15, 0.2) is 0 Å². The molecular weight excluding hydrogens is 302 g/mol. The fourth-order valence-electron chi connectivity index (χ4n) is 2.74. The van der Waals surface area contributed by atoms with Crippen molar-refractivity contribution in [2.24, 2.45) is 0 Å². The summed E-state index contributed by atoms with van der Waals surface area (Å²) in [5.41, 5.74) is 3.74. The quantitative estimate of drug-likeness (QED) is 0.675. The Labute approximate surface area is 140 Å². The number of imidazole rings is 1. The molecule has 1 unspecified atom stereocenters. The number of aryl methyl sites for hydroxylation is 1. The van der Waals surface area contributed by atoms with E-state index in [0.29, 0.717) is 12.2 Å². The molecule has 0 saturated heterocycles. The number of aromatic amines is 1. The second-order valence-electron chi connectivity index (χ2n) is 6.11. The van der Waals surface area contributed by atoms with Gasteiger partial charge in [-0.1, -0.05) is 42.0 Å². The van der Waals surface area contributed by atoms with Gasteiger partial charge in [-0.25, -0.2) is 4.98 Å². The van der Waals surface area contributed by atoms with Crippen LogP contribution in [0, 0.1) is 6.92 Å². The number of fused-ring (bicyclic) bond motifs is 1. The third-order valence-electron chi connectivity index (χ3n) is 4.00. The minimum Gasteiger partial charge on any atom is -0.383 e. The van der Waals surface area contributed by atoms with E-state index in [4.69, 9.17) is 0 Å². The molecule has 0 bridgehead atoms. The molecule has 1 heterocycles. The van der Waals surface area contributed by atoms with Crippen molar-refractivity contribution in [3.63, 3.8) is 0 Å². The third kappa shape index (κ3) is 3.63. The normalized spacial score (nSPS) is 13.6. The number of hydrogen-bond donors (Lipinski definition) is 3. The summed E-state index contributed by atoms with van der Waals surface area (Å²) in [4.78, 5) is 19.7. The Balaban J connectivity index is 1.65. The lowest BCUT2D eigenvalue weighted by molar-refractivity contribution is -0.121. The molecular formula is C19H21N3O2. The van der Waals surface area contributed by atoms with Crippen LogP contribution in [0.15, 0.2) is 48.5 Å². The molecule has 0 saturated carbocycles. The lowest BCUT2D eigenvalue weighted by Gasteiger charge is -2.18. The van der Waals surface area contributed by atoms with Crippen LogP contribution in [-0.4, -0.2) is 27.0 Å². The van der Waals surface area contributed by atoms with Gasteiger partial charge >= 0.3 is 0 Å². The number of amides is 1. The summed E-state index contributed by atoms with van der Waals surface area (Å²) < 4.78 is 0. The van der Waals surface area contributed by atoms with Crippen LogP contribution in [0.2, 0.25) is 0 Å². The zero-order valence-electron chi connectivity index (χ0n) is 13.8. The maximum absolute atomic E-state index is 12.2. The Morgan fingerprint density at radius 2 is 2.04 bits per heavy atom. The number of H-pyrrole nitrogens is 1. The van der Waals surface area contributed by atoms with E-state index in [1.165, 1.54) is 0 Å². The second-order valence-corrected chi connectivity index (χ2v) is 6.11. The van der Waals surface area contributed by atoms with Crippen molar-refractivity contribution in [1.29, 1.82) is 0 Å². The van der Waals surface area contributed by atoms with Crippen LogP contribution in [0.5, 0.6) is 0 Å². The molecule has 0 spiro atoms. The molecule has 2 aromatic carbocycles. The fraction of sp³-hybridized carbons (Fsp3) is 0.263. The molecule has 0 aliphatic heterocycles. The summed E-state index contributed by atoms with van der Waals surface area (Å²) in [5.74, 6) is 0.336. The van der Waals surface area contributed by atoms with Crippen LogP contribution >= 0.6 is 0 Å². The Morgan fingerprint density at radius 1 is 1.25 bits per heavy atom. The van der Waals surface area contributed by atoms with Gasteiger partial charge in [-0.15, -0.1) is 0 Å². The Hall–Kier alpha value is -2.66. The number of hydrogen-bond acceptors (Lipinski definition) is 3. The SMILES string of the molecule is Cc1cccc(CC(=O)N[C@@H](C)C(O)c2nc3ccccc3[nH]2)c1. The Kier molecular flexibility index (Phi) is 4.62. The van der Waals surface area contributed by atoms with Gasteiger partial charge in [-0.05, 0) is 31.5 Å².